The molecule has 0 spiro atoms. The maximum atomic E-state index is 5.89. The van der Waals surface area contributed by atoms with Gasteiger partial charge >= 0.3 is 0 Å². The first-order valence-corrected chi connectivity index (χ1v) is 8.57. The molecule has 0 fully saturated rings. The zero-order valence-electron chi connectivity index (χ0n) is 15.0. The van der Waals surface area contributed by atoms with Gasteiger partial charge in [0, 0.05) is 6.54 Å². The van der Waals surface area contributed by atoms with E-state index in [9.17, 15) is 0 Å². The molecule has 0 aliphatic rings. The van der Waals surface area contributed by atoms with Crippen LogP contribution in [-0.4, -0.2) is 25.0 Å². The highest BCUT2D eigenvalue weighted by Crippen LogP contribution is 2.28. The number of rotatable bonds is 8. The van der Waals surface area contributed by atoms with Gasteiger partial charge in [-0.1, -0.05) is 35.9 Å². The first-order valence-electron chi connectivity index (χ1n) is 8.16. The Labute approximate surface area is 159 Å². The van der Waals surface area contributed by atoms with Crippen LogP contribution in [0, 0.1) is 6.92 Å². The van der Waals surface area contributed by atoms with Crippen molar-refractivity contribution < 1.29 is 9.47 Å². The fraction of sp³-hybridized carbons (Fsp3) is 0.200. The summed E-state index contributed by atoms with van der Waals surface area (Å²) < 4.78 is 11.3. The van der Waals surface area contributed by atoms with Gasteiger partial charge < -0.3 is 14.8 Å². The molecule has 0 saturated heterocycles. The molecular formula is C20H23N3O2S. The molecule has 2 aromatic carbocycles. The smallest absolute Gasteiger partial charge is 0.187 e. The average molecular weight is 369 g/mol. The van der Waals surface area contributed by atoms with Gasteiger partial charge in [-0.2, -0.15) is 5.10 Å². The van der Waals surface area contributed by atoms with Gasteiger partial charge in [0.1, 0.15) is 6.61 Å². The summed E-state index contributed by atoms with van der Waals surface area (Å²) in [5.41, 5.74) is 5.92. The molecule has 0 aliphatic carbocycles. The van der Waals surface area contributed by atoms with Crippen molar-refractivity contribution in [3.63, 3.8) is 0 Å². The summed E-state index contributed by atoms with van der Waals surface area (Å²) in [6, 6.07) is 13.8. The summed E-state index contributed by atoms with van der Waals surface area (Å²) in [6.07, 6.45) is 3.38. The molecule has 0 aliphatic heterocycles. The number of hydrazone groups is 1. The van der Waals surface area contributed by atoms with E-state index < -0.39 is 0 Å². The van der Waals surface area contributed by atoms with Crippen molar-refractivity contribution in [3.05, 3.63) is 71.8 Å². The molecule has 26 heavy (non-hydrogen) atoms. The SMILES string of the molecule is C=CCNC(=S)N/N=C/c1ccc(OCc2cccc(C)c2)c(OC)c1. The van der Waals surface area contributed by atoms with Crippen molar-refractivity contribution in [1.82, 2.24) is 10.7 Å². The van der Waals surface area contributed by atoms with Crippen molar-refractivity contribution in [2.45, 2.75) is 13.5 Å². The van der Waals surface area contributed by atoms with E-state index in [0.717, 1.165) is 11.1 Å². The predicted octanol–water partition coefficient (Wildman–Crippen LogP) is 3.57. The van der Waals surface area contributed by atoms with E-state index in [1.807, 2.05) is 30.3 Å². The molecule has 136 valence electrons. The molecule has 0 bridgehead atoms. The van der Waals surface area contributed by atoms with Crippen LogP contribution in [0.5, 0.6) is 11.5 Å². The lowest BCUT2D eigenvalue weighted by atomic mass is 10.1. The highest BCUT2D eigenvalue weighted by molar-refractivity contribution is 7.80. The topological polar surface area (TPSA) is 54.9 Å². The minimum absolute atomic E-state index is 0.436. The molecule has 2 N–H and O–H groups in total. The Kier molecular flexibility index (Phi) is 7.64. The molecule has 0 atom stereocenters. The highest BCUT2D eigenvalue weighted by atomic mass is 32.1. The van der Waals surface area contributed by atoms with Gasteiger partial charge in [0.2, 0.25) is 0 Å². The van der Waals surface area contributed by atoms with E-state index in [2.05, 4.69) is 41.5 Å². The lowest BCUT2D eigenvalue weighted by molar-refractivity contribution is 0.284. The van der Waals surface area contributed by atoms with Crippen LogP contribution >= 0.6 is 12.2 Å². The van der Waals surface area contributed by atoms with Crippen molar-refractivity contribution >= 4 is 23.5 Å². The third kappa shape index (κ3) is 6.22. The Balaban J connectivity index is 1.98. The van der Waals surface area contributed by atoms with Crippen molar-refractivity contribution in [3.8, 4) is 11.5 Å². The summed E-state index contributed by atoms with van der Waals surface area (Å²) in [6.45, 7) is 6.74. The lowest BCUT2D eigenvalue weighted by Gasteiger charge is -2.11. The third-order valence-corrected chi connectivity index (χ3v) is 3.69. The maximum Gasteiger partial charge on any atom is 0.187 e. The summed E-state index contributed by atoms with van der Waals surface area (Å²) in [5.74, 6) is 1.33. The van der Waals surface area contributed by atoms with Gasteiger partial charge in [-0.25, -0.2) is 0 Å². The maximum absolute atomic E-state index is 5.89. The highest BCUT2D eigenvalue weighted by Gasteiger charge is 2.06. The van der Waals surface area contributed by atoms with E-state index >= 15 is 0 Å². The Hall–Kier alpha value is -2.86. The molecule has 5 nitrogen and oxygen atoms in total. The van der Waals surface area contributed by atoms with Gasteiger partial charge in [-0.05, 0) is 48.5 Å². The van der Waals surface area contributed by atoms with Crippen LogP contribution in [0.2, 0.25) is 0 Å². The summed E-state index contributed by atoms with van der Waals surface area (Å²) >= 11 is 5.07. The number of ether oxygens (including phenoxy) is 2. The normalized spacial score (nSPS) is 10.4. The van der Waals surface area contributed by atoms with Gasteiger partial charge in [0.25, 0.3) is 0 Å². The zero-order valence-corrected chi connectivity index (χ0v) is 15.8. The summed E-state index contributed by atoms with van der Waals surface area (Å²) in [7, 11) is 1.61. The molecule has 0 unspecified atom stereocenters. The van der Waals surface area contributed by atoms with Crippen LogP contribution in [0.1, 0.15) is 16.7 Å². The van der Waals surface area contributed by atoms with Crippen LogP contribution in [0.4, 0.5) is 0 Å². The monoisotopic (exact) mass is 369 g/mol. The van der Waals surface area contributed by atoms with Crippen LogP contribution in [0.3, 0.4) is 0 Å². The summed E-state index contributed by atoms with van der Waals surface area (Å²) in [4.78, 5) is 0. The fourth-order valence-corrected chi connectivity index (χ4v) is 2.35. The molecule has 0 saturated carbocycles. The molecule has 0 aromatic heterocycles. The average Bonchev–Trinajstić information content (AvgIpc) is 2.65. The number of nitrogens with one attached hydrogen (secondary N) is 2. The van der Waals surface area contributed by atoms with Gasteiger partial charge in [-0.3, -0.25) is 5.43 Å². The fourth-order valence-electron chi connectivity index (χ4n) is 2.22. The number of methoxy groups -OCH3 is 1. The Morgan fingerprint density at radius 1 is 1.23 bits per heavy atom. The molecule has 6 heteroatoms. The molecule has 2 rings (SSSR count). The van der Waals surface area contributed by atoms with E-state index in [-0.39, 0.29) is 0 Å². The van der Waals surface area contributed by atoms with E-state index in [1.165, 1.54) is 5.56 Å². The lowest BCUT2D eigenvalue weighted by Crippen LogP contribution is -2.31. The van der Waals surface area contributed by atoms with E-state index in [4.69, 9.17) is 21.7 Å². The molecule has 0 radical (unpaired) electrons. The van der Waals surface area contributed by atoms with Crippen molar-refractivity contribution in [2.24, 2.45) is 5.10 Å². The zero-order chi connectivity index (χ0) is 18.8. The van der Waals surface area contributed by atoms with Crippen LogP contribution < -0.4 is 20.2 Å². The number of hydrogen-bond acceptors (Lipinski definition) is 4. The Morgan fingerprint density at radius 3 is 2.81 bits per heavy atom. The minimum atomic E-state index is 0.436. The standard InChI is InChI=1S/C20H23N3O2S/c1-4-10-21-20(26)23-22-13-16-8-9-18(19(12-16)24-3)25-14-17-7-5-6-15(2)11-17/h4-9,11-13H,1,10,14H2,2-3H3,(H2,21,23,26)/b22-13+. The second kappa shape index (κ2) is 10.2. The van der Waals surface area contributed by atoms with E-state index in [0.29, 0.717) is 29.8 Å². The predicted molar refractivity (Wildman–Crippen MR) is 110 cm³/mol. The molecule has 2 aromatic rings. The third-order valence-electron chi connectivity index (χ3n) is 3.45. The number of aryl methyl sites for hydroxylation is 1. The number of thiocarbonyl (C=S) groups is 1. The van der Waals surface area contributed by atoms with Crippen LogP contribution in [0.25, 0.3) is 0 Å². The first kappa shape index (κ1) is 19.5. The van der Waals surface area contributed by atoms with Crippen LogP contribution in [0.15, 0.2) is 60.2 Å². The Bertz CT molecular complexity index is 790. The largest absolute Gasteiger partial charge is 0.493 e. The number of hydrogen-bond donors (Lipinski definition) is 2. The summed E-state index contributed by atoms with van der Waals surface area (Å²) in [5, 5.41) is 7.46. The first-order chi connectivity index (χ1) is 12.6. The number of nitrogens with zero attached hydrogens (tertiary/aromatic N) is 1. The van der Waals surface area contributed by atoms with Gasteiger partial charge in [-0.15, -0.1) is 6.58 Å². The quantitative estimate of drug-likeness (QED) is 0.322. The Morgan fingerprint density at radius 2 is 2.08 bits per heavy atom. The van der Waals surface area contributed by atoms with Gasteiger partial charge in [0.05, 0.1) is 13.3 Å². The second-order valence-electron chi connectivity index (χ2n) is 5.56. The van der Waals surface area contributed by atoms with Crippen molar-refractivity contribution in [1.29, 1.82) is 0 Å². The van der Waals surface area contributed by atoms with E-state index in [1.54, 1.807) is 19.4 Å². The molecular weight excluding hydrogens is 346 g/mol. The minimum Gasteiger partial charge on any atom is -0.493 e. The second-order valence-corrected chi connectivity index (χ2v) is 5.96. The van der Waals surface area contributed by atoms with Crippen molar-refractivity contribution in [2.75, 3.05) is 13.7 Å². The number of benzene rings is 2. The molecule has 0 heterocycles. The van der Waals surface area contributed by atoms with Crippen LogP contribution in [-0.2, 0) is 6.61 Å². The molecule has 0 amide bonds. The van der Waals surface area contributed by atoms with Gasteiger partial charge in [0.15, 0.2) is 16.6 Å².